The minimum atomic E-state index is -0.910. The number of nitrogens with one attached hydrogen (secondary N) is 1. The minimum Gasteiger partial charge on any atom is -0.480 e. The molecule has 0 aromatic rings. The lowest BCUT2D eigenvalue weighted by atomic mass is 9.99. The van der Waals surface area contributed by atoms with Gasteiger partial charge in [-0.25, -0.2) is 0 Å². The van der Waals surface area contributed by atoms with Gasteiger partial charge in [-0.05, 0) is 20.4 Å². The van der Waals surface area contributed by atoms with Crippen LogP contribution in [-0.2, 0) is 14.3 Å². The highest BCUT2D eigenvalue weighted by molar-refractivity contribution is 5.78. The predicted octanol–water partition coefficient (Wildman–Crippen LogP) is 0.102. The fourth-order valence-corrected chi connectivity index (χ4v) is 0.859. The van der Waals surface area contributed by atoms with Gasteiger partial charge >= 0.3 is 5.97 Å². The standard InChI is InChI=1S/C9H19NO4/c1-9(10-2,8(11)12)4-5-14-7-6-13-3/h10H,4-7H2,1-3H3,(H,11,12). The first-order chi connectivity index (χ1) is 6.56. The van der Waals surface area contributed by atoms with Crippen LogP contribution in [0.25, 0.3) is 0 Å². The van der Waals surface area contributed by atoms with E-state index in [0.29, 0.717) is 26.2 Å². The third kappa shape index (κ3) is 4.55. The van der Waals surface area contributed by atoms with Crippen LogP contribution in [0.1, 0.15) is 13.3 Å². The van der Waals surface area contributed by atoms with Crippen molar-refractivity contribution >= 4 is 5.97 Å². The molecular formula is C9H19NO4. The summed E-state index contributed by atoms with van der Waals surface area (Å²) in [7, 11) is 3.22. The lowest BCUT2D eigenvalue weighted by Crippen LogP contribution is -2.48. The zero-order valence-electron chi connectivity index (χ0n) is 9.00. The largest absolute Gasteiger partial charge is 0.480 e. The summed E-state index contributed by atoms with van der Waals surface area (Å²) in [5, 5.41) is 11.7. The van der Waals surface area contributed by atoms with E-state index in [-0.39, 0.29) is 0 Å². The molecule has 5 heteroatoms. The summed E-state index contributed by atoms with van der Waals surface area (Å²) in [5.41, 5.74) is -0.910. The van der Waals surface area contributed by atoms with Gasteiger partial charge < -0.3 is 19.9 Å². The SMILES string of the molecule is CNC(C)(CCOCCOC)C(=O)O. The summed E-state index contributed by atoms with van der Waals surface area (Å²) < 4.78 is 9.98. The van der Waals surface area contributed by atoms with Gasteiger partial charge in [0, 0.05) is 13.7 Å². The van der Waals surface area contributed by atoms with Crippen molar-refractivity contribution in [3.05, 3.63) is 0 Å². The number of hydrogen-bond donors (Lipinski definition) is 2. The molecule has 0 aromatic carbocycles. The van der Waals surface area contributed by atoms with Crippen LogP contribution < -0.4 is 5.32 Å². The maximum Gasteiger partial charge on any atom is 0.323 e. The van der Waals surface area contributed by atoms with Crippen molar-refractivity contribution in [1.82, 2.24) is 5.32 Å². The highest BCUT2D eigenvalue weighted by Crippen LogP contribution is 2.08. The Morgan fingerprint density at radius 2 is 2.07 bits per heavy atom. The van der Waals surface area contributed by atoms with Crippen LogP contribution in [0.3, 0.4) is 0 Å². The van der Waals surface area contributed by atoms with E-state index in [1.54, 1.807) is 21.1 Å². The predicted molar refractivity (Wildman–Crippen MR) is 52.4 cm³/mol. The summed E-state index contributed by atoms with van der Waals surface area (Å²) in [6.45, 7) is 3.07. The summed E-state index contributed by atoms with van der Waals surface area (Å²) in [5.74, 6) is -0.865. The second kappa shape index (κ2) is 6.75. The molecule has 0 bridgehead atoms. The van der Waals surface area contributed by atoms with Crippen molar-refractivity contribution in [3.63, 3.8) is 0 Å². The Morgan fingerprint density at radius 1 is 1.43 bits per heavy atom. The van der Waals surface area contributed by atoms with Crippen molar-refractivity contribution in [2.45, 2.75) is 18.9 Å². The van der Waals surface area contributed by atoms with Gasteiger partial charge in [-0.1, -0.05) is 0 Å². The van der Waals surface area contributed by atoms with Crippen LogP contribution in [0.15, 0.2) is 0 Å². The molecule has 2 N–H and O–H groups in total. The second-order valence-corrected chi connectivity index (χ2v) is 3.24. The Hall–Kier alpha value is -0.650. The highest BCUT2D eigenvalue weighted by Gasteiger charge is 2.30. The van der Waals surface area contributed by atoms with Gasteiger partial charge in [-0.3, -0.25) is 4.79 Å². The first-order valence-corrected chi connectivity index (χ1v) is 4.56. The van der Waals surface area contributed by atoms with E-state index < -0.39 is 11.5 Å². The van der Waals surface area contributed by atoms with Crippen LogP contribution in [0.4, 0.5) is 0 Å². The van der Waals surface area contributed by atoms with Crippen LogP contribution in [0.5, 0.6) is 0 Å². The molecule has 0 aliphatic rings. The second-order valence-electron chi connectivity index (χ2n) is 3.24. The zero-order valence-corrected chi connectivity index (χ0v) is 9.00. The molecule has 0 heterocycles. The average Bonchev–Trinajstić information content (AvgIpc) is 2.17. The zero-order chi connectivity index (χ0) is 11.0. The summed E-state index contributed by atoms with van der Waals surface area (Å²) in [6.07, 6.45) is 0.433. The highest BCUT2D eigenvalue weighted by atomic mass is 16.5. The molecule has 0 fully saturated rings. The summed E-state index contributed by atoms with van der Waals surface area (Å²) >= 11 is 0. The van der Waals surface area contributed by atoms with Gasteiger partial charge in [0.2, 0.25) is 0 Å². The normalized spacial score (nSPS) is 15.1. The fourth-order valence-electron chi connectivity index (χ4n) is 0.859. The van der Waals surface area contributed by atoms with Gasteiger partial charge in [0.05, 0.1) is 13.2 Å². The molecule has 0 amide bonds. The molecule has 84 valence electrons. The van der Waals surface area contributed by atoms with Crippen molar-refractivity contribution in [2.75, 3.05) is 34.0 Å². The average molecular weight is 205 g/mol. The monoisotopic (exact) mass is 205 g/mol. The number of ether oxygens (including phenoxy) is 2. The van der Waals surface area contributed by atoms with E-state index in [2.05, 4.69) is 5.32 Å². The first-order valence-electron chi connectivity index (χ1n) is 4.56. The fraction of sp³-hybridized carbons (Fsp3) is 0.889. The molecule has 0 aliphatic carbocycles. The maximum absolute atomic E-state index is 10.8. The Balaban J connectivity index is 3.68. The number of carboxylic acids is 1. The van der Waals surface area contributed by atoms with Crippen LogP contribution in [0, 0.1) is 0 Å². The number of rotatable bonds is 8. The van der Waals surface area contributed by atoms with Gasteiger partial charge in [-0.15, -0.1) is 0 Å². The topological polar surface area (TPSA) is 67.8 Å². The summed E-state index contributed by atoms with van der Waals surface area (Å²) in [4.78, 5) is 10.8. The minimum absolute atomic E-state index is 0.410. The van der Waals surface area contributed by atoms with Crippen LogP contribution in [0.2, 0.25) is 0 Å². The Morgan fingerprint density at radius 3 is 2.50 bits per heavy atom. The summed E-state index contributed by atoms with van der Waals surface area (Å²) in [6, 6.07) is 0. The molecule has 1 unspecified atom stereocenters. The smallest absolute Gasteiger partial charge is 0.323 e. The molecule has 0 radical (unpaired) electrons. The van der Waals surface area contributed by atoms with Gasteiger partial charge in [-0.2, -0.15) is 0 Å². The maximum atomic E-state index is 10.8. The number of methoxy groups -OCH3 is 1. The van der Waals surface area contributed by atoms with Crippen molar-refractivity contribution in [2.24, 2.45) is 0 Å². The Kier molecular flexibility index (Phi) is 6.44. The molecule has 0 aromatic heterocycles. The van der Waals surface area contributed by atoms with Crippen molar-refractivity contribution in [3.8, 4) is 0 Å². The van der Waals surface area contributed by atoms with Crippen molar-refractivity contribution in [1.29, 1.82) is 0 Å². The molecule has 0 saturated heterocycles. The molecular weight excluding hydrogens is 186 g/mol. The van der Waals surface area contributed by atoms with Gasteiger partial charge in [0.25, 0.3) is 0 Å². The van der Waals surface area contributed by atoms with Crippen LogP contribution >= 0.6 is 0 Å². The molecule has 0 saturated carbocycles. The third-order valence-corrected chi connectivity index (χ3v) is 2.20. The van der Waals surface area contributed by atoms with E-state index in [1.807, 2.05) is 0 Å². The van der Waals surface area contributed by atoms with E-state index in [1.165, 1.54) is 0 Å². The lowest BCUT2D eigenvalue weighted by Gasteiger charge is -2.23. The van der Waals surface area contributed by atoms with E-state index in [0.717, 1.165) is 0 Å². The van der Waals surface area contributed by atoms with E-state index >= 15 is 0 Å². The molecule has 5 nitrogen and oxygen atoms in total. The Labute approximate surface area is 84.4 Å². The Bertz CT molecular complexity index is 174. The molecule has 1 atom stereocenters. The molecule has 14 heavy (non-hydrogen) atoms. The first kappa shape index (κ1) is 13.4. The van der Waals surface area contributed by atoms with Crippen LogP contribution in [-0.4, -0.2) is 50.6 Å². The number of hydrogen-bond acceptors (Lipinski definition) is 4. The van der Waals surface area contributed by atoms with E-state index in [9.17, 15) is 4.79 Å². The van der Waals surface area contributed by atoms with Gasteiger partial charge in [0.1, 0.15) is 5.54 Å². The quantitative estimate of drug-likeness (QED) is 0.550. The number of aliphatic carboxylic acids is 1. The van der Waals surface area contributed by atoms with E-state index in [4.69, 9.17) is 14.6 Å². The number of carboxylic acid groups (broad SMARTS) is 1. The molecule has 0 spiro atoms. The molecule has 0 rings (SSSR count). The third-order valence-electron chi connectivity index (χ3n) is 2.20. The number of carbonyl (C=O) groups is 1. The number of likely N-dealkylation sites (N-methyl/N-ethyl adjacent to an activating group) is 1. The van der Waals surface area contributed by atoms with Crippen molar-refractivity contribution < 1.29 is 19.4 Å². The van der Waals surface area contributed by atoms with Gasteiger partial charge in [0.15, 0.2) is 0 Å². The molecule has 0 aliphatic heterocycles. The lowest BCUT2D eigenvalue weighted by molar-refractivity contribution is -0.144.